The molecule has 1 aliphatic carbocycles. The summed E-state index contributed by atoms with van der Waals surface area (Å²) >= 11 is 0. The molecular formula is C23H32N4O4. The number of aromatic hydroxyl groups is 1. The van der Waals surface area contributed by atoms with Crippen molar-refractivity contribution in [3.8, 4) is 5.75 Å². The predicted molar refractivity (Wildman–Crippen MR) is 118 cm³/mol. The summed E-state index contributed by atoms with van der Waals surface area (Å²) in [6.45, 7) is 4.73. The fourth-order valence-electron chi connectivity index (χ4n) is 4.72. The van der Waals surface area contributed by atoms with Gasteiger partial charge in [-0.25, -0.2) is 4.98 Å². The lowest BCUT2D eigenvalue weighted by atomic mass is 9.87. The highest BCUT2D eigenvalue weighted by Crippen LogP contribution is 2.27. The van der Waals surface area contributed by atoms with E-state index in [-0.39, 0.29) is 23.5 Å². The fourth-order valence-corrected chi connectivity index (χ4v) is 4.72. The van der Waals surface area contributed by atoms with Gasteiger partial charge in [0, 0.05) is 38.4 Å². The van der Waals surface area contributed by atoms with Crippen molar-refractivity contribution in [2.24, 2.45) is 5.92 Å². The molecule has 3 N–H and O–H groups in total. The Balaban J connectivity index is 1.61. The maximum absolute atomic E-state index is 13.3. The number of likely N-dealkylation sites (tertiary alicyclic amines) is 1. The second-order valence-corrected chi connectivity index (χ2v) is 9.06. The monoisotopic (exact) mass is 428 g/mol. The van der Waals surface area contributed by atoms with Crippen LogP contribution in [-0.2, 0) is 6.54 Å². The number of hydrogen-bond donors (Lipinski definition) is 3. The average Bonchev–Trinajstić information content (AvgIpc) is 2.76. The maximum Gasteiger partial charge on any atom is 0.268 e. The van der Waals surface area contributed by atoms with Crippen molar-refractivity contribution < 1.29 is 15.0 Å². The molecule has 2 aromatic heterocycles. The Morgan fingerprint density at radius 2 is 1.87 bits per heavy atom. The molecule has 31 heavy (non-hydrogen) atoms. The summed E-state index contributed by atoms with van der Waals surface area (Å²) in [6.07, 6.45) is 6.64. The number of nitrogens with one attached hydrogen (secondary N) is 1. The molecule has 2 aromatic rings. The third kappa shape index (κ3) is 4.75. The van der Waals surface area contributed by atoms with Gasteiger partial charge in [-0.1, -0.05) is 6.92 Å². The average molecular weight is 429 g/mol. The lowest BCUT2D eigenvalue weighted by Gasteiger charge is -2.29. The summed E-state index contributed by atoms with van der Waals surface area (Å²) in [7, 11) is 0. The molecule has 2 fully saturated rings. The molecule has 3 heterocycles. The van der Waals surface area contributed by atoms with Crippen molar-refractivity contribution >= 4 is 16.9 Å². The molecule has 0 spiro atoms. The highest BCUT2D eigenvalue weighted by atomic mass is 16.3. The van der Waals surface area contributed by atoms with E-state index in [1.807, 2.05) is 0 Å². The van der Waals surface area contributed by atoms with Gasteiger partial charge in [0.15, 0.2) is 0 Å². The standard InChI is InChI=1S/C23H32N4O4/c1-15-4-6-16(7-5-15)25-22(30)19-20(29)18-3-2-10-24-21(18)27(23(19)31)14-13-26-11-8-17(28)9-12-26/h2-3,10,15-17,28-29H,4-9,11-14H2,1H3,(H,25,30). The summed E-state index contributed by atoms with van der Waals surface area (Å²) in [4.78, 5) is 32.9. The minimum absolute atomic E-state index is 0.0281. The number of nitrogens with zero attached hydrogens (tertiary/aromatic N) is 3. The van der Waals surface area contributed by atoms with Gasteiger partial charge in [0.05, 0.1) is 11.5 Å². The van der Waals surface area contributed by atoms with Gasteiger partial charge in [0.2, 0.25) is 0 Å². The number of rotatable bonds is 5. The molecule has 8 nitrogen and oxygen atoms in total. The normalized spacial score (nSPS) is 23.2. The molecule has 168 valence electrons. The molecule has 0 radical (unpaired) electrons. The molecule has 0 bridgehead atoms. The number of carbonyl (C=O) groups excluding carboxylic acids is 1. The van der Waals surface area contributed by atoms with Crippen molar-refractivity contribution in [3.05, 3.63) is 34.2 Å². The Morgan fingerprint density at radius 3 is 2.58 bits per heavy atom. The Kier molecular flexibility index (Phi) is 6.57. The van der Waals surface area contributed by atoms with Crippen LogP contribution in [0.25, 0.3) is 11.0 Å². The first-order valence-electron chi connectivity index (χ1n) is 11.4. The fraction of sp³-hybridized carbons (Fsp3) is 0.609. The third-order valence-corrected chi connectivity index (χ3v) is 6.77. The van der Waals surface area contributed by atoms with E-state index < -0.39 is 11.5 Å². The number of carbonyl (C=O) groups is 1. The van der Waals surface area contributed by atoms with E-state index in [2.05, 4.69) is 22.1 Å². The van der Waals surface area contributed by atoms with Crippen molar-refractivity contribution in [2.75, 3.05) is 19.6 Å². The molecule has 0 unspecified atom stereocenters. The van der Waals surface area contributed by atoms with E-state index in [4.69, 9.17) is 0 Å². The molecule has 2 aliphatic rings. The Hall–Kier alpha value is -2.45. The Morgan fingerprint density at radius 1 is 1.16 bits per heavy atom. The van der Waals surface area contributed by atoms with Crippen LogP contribution in [0.2, 0.25) is 0 Å². The summed E-state index contributed by atoms with van der Waals surface area (Å²) in [5, 5.41) is 23.9. The van der Waals surface area contributed by atoms with Crippen LogP contribution in [0.1, 0.15) is 55.8 Å². The van der Waals surface area contributed by atoms with Crippen LogP contribution in [0.5, 0.6) is 5.75 Å². The molecule has 1 aliphatic heterocycles. The van der Waals surface area contributed by atoms with E-state index in [1.165, 1.54) is 4.57 Å². The first kappa shape index (κ1) is 21.8. The molecular weight excluding hydrogens is 396 g/mol. The zero-order valence-corrected chi connectivity index (χ0v) is 18.1. The topological polar surface area (TPSA) is 108 Å². The number of aromatic nitrogens is 2. The second-order valence-electron chi connectivity index (χ2n) is 9.06. The molecule has 8 heteroatoms. The highest BCUT2D eigenvalue weighted by Gasteiger charge is 2.27. The molecule has 0 aromatic carbocycles. The van der Waals surface area contributed by atoms with Crippen LogP contribution in [-0.4, -0.2) is 62.4 Å². The van der Waals surface area contributed by atoms with Crippen molar-refractivity contribution in [3.63, 3.8) is 0 Å². The van der Waals surface area contributed by atoms with Gasteiger partial charge in [-0.15, -0.1) is 0 Å². The van der Waals surface area contributed by atoms with E-state index >= 15 is 0 Å². The highest BCUT2D eigenvalue weighted by molar-refractivity contribution is 6.01. The number of pyridine rings is 2. The van der Waals surface area contributed by atoms with Gasteiger partial charge >= 0.3 is 0 Å². The molecule has 1 saturated heterocycles. The number of aliphatic hydroxyl groups is 1. The van der Waals surface area contributed by atoms with Crippen molar-refractivity contribution in [2.45, 2.75) is 64.1 Å². The van der Waals surface area contributed by atoms with Gasteiger partial charge < -0.3 is 20.4 Å². The SMILES string of the molecule is CC1CCC(NC(=O)c2c(O)c3cccnc3n(CCN3CCC(O)CC3)c2=O)CC1. The smallest absolute Gasteiger partial charge is 0.268 e. The molecule has 1 saturated carbocycles. The molecule has 1 amide bonds. The van der Waals surface area contributed by atoms with E-state index in [9.17, 15) is 19.8 Å². The van der Waals surface area contributed by atoms with Crippen molar-refractivity contribution in [1.82, 2.24) is 19.8 Å². The van der Waals surface area contributed by atoms with Gasteiger partial charge in [0.1, 0.15) is 17.0 Å². The van der Waals surface area contributed by atoms with Crippen LogP contribution in [0.15, 0.2) is 23.1 Å². The van der Waals surface area contributed by atoms with Crippen LogP contribution in [0.3, 0.4) is 0 Å². The number of amides is 1. The van der Waals surface area contributed by atoms with E-state index in [0.29, 0.717) is 30.0 Å². The first-order valence-corrected chi connectivity index (χ1v) is 11.4. The summed E-state index contributed by atoms with van der Waals surface area (Å²) < 4.78 is 1.50. The summed E-state index contributed by atoms with van der Waals surface area (Å²) in [6, 6.07) is 3.40. The van der Waals surface area contributed by atoms with Crippen LogP contribution >= 0.6 is 0 Å². The van der Waals surface area contributed by atoms with Crippen LogP contribution in [0, 0.1) is 5.92 Å². The zero-order chi connectivity index (χ0) is 22.0. The lowest BCUT2D eigenvalue weighted by Crippen LogP contribution is -2.42. The lowest BCUT2D eigenvalue weighted by molar-refractivity contribution is 0.0808. The van der Waals surface area contributed by atoms with Gasteiger partial charge in [-0.3, -0.25) is 14.2 Å². The van der Waals surface area contributed by atoms with E-state index in [0.717, 1.165) is 51.6 Å². The molecule has 4 rings (SSSR count). The number of aliphatic hydroxyl groups excluding tert-OH is 1. The summed E-state index contributed by atoms with van der Waals surface area (Å²) in [5.41, 5.74) is -0.333. The minimum atomic E-state index is -0.512. The van der Waals surface area contributed by atoms with Crippen molar-refractivity contribution in [1.29, 1.82) is 0 Å². The third-order valence-electron chi connectivity index (χ3n) is 6.77. The van der Waals surface area contributed by atoms with Crippen LogP contribution < -0.4 is 10.9 Å². The quantitative estimate of drug-likeness (QED) is 0.671. The second kappa shape index (κ2) is 9.36. The van der Waals surface area contributed by atoms with Gasteiger partial charge in [-0.2, -0.15) is 0 Å². The number of piperidine rings is 1. The number of hydrogen-bond acceptors (Lipinski definition) is 6. The number of fused-ring (bicyclic) bond motifs is 1. The predicted octanol–water partition coefficient (Wildman–Crippen LogP) is 1.87. The van der Waals surface area contributed by atoms with Gasteiger partial charge in [0.25, 0.3) is 11.5 Å². The first-order chi connectivity index (χ1) is 14.9. The largest absolute Gasteiger partial charge is 0.506 e. The zero-order valence-electron chi connectivity index (χ0n) is 18.1. The molecule has 0 atom stereocenters. The minimum Gasteiger partial charge on any atom is -0.506 e. The van der Waals surface area contributed by atoms with Gasteiger partial charge in [-0.05, 0) is 56.6 Å². The summed E-state index contributed by atoms with van der Waals surface area (Å²) in [5.74, 6) is -0.156. The van der Waals surface area contributed by atoms with Crippen LogP contribution in [0.4, 0.5) is 0 Å². The maximum atomic E-state index is 13.3. The van der Waals surface area contributed by atoms with E-state index in [1.54, 1.807) is 18.3 Å². The Labute approximate surface area is 181 Å². The Bertz CT molecular complexity index is 989.